The highest BCUT2D eigenvalue weighted by atomic mass is 16.4. The predicted molar refractivity (Wildman–Crippen MR) is 80.1 cm³/mol. The Morgan fingerprint density at radius 1 is 1.29 bits per heavy atom. The number of piperidine rings is 2. The second kappa shape index (κ2) is 7.11. The Bertz CT molecular complexity index is 388. The number of hydrogen-bond acceptors (Lipinski definition) is 3. The Labute approximate surface area is 126 Å². The van der Waals surface area contributed by atoms with Crippen molar-refractivity contribution in [3.05, 3.63) is 0 Å². The fraction of sp³-hybridized carbons (Fsp3) is 0.867. The van der Waals surface area contributed by atoms with Gasteiger partial charge in [0.25, 0.3) is 0 Å². The van der Waals surface area contributed by atoms with E-state index in [1.54, 1.807) is 0 Å². The van der Waals surface area contributed by atoms with E-state index in [9.17, 15) is 14.7 Å². The number of rotatable bonds is 3. The highest BCUT2D eigenvalue weighted by Gasteiger charge is 2.34. The molecule has 0 saturated carbocycles. The number of urea groups is 1. The Morgan fingerprint density at radius 2 is 2.05 bits per heavy atom. The third kappa shape index (κ3) is 4.33. The largest absolute Gasteiger partial charge is 0.480 e. The van der Waals surface area contributed by atoms with Gasteiger partial charge in [-0.2, -0.15) is 0 Å². The number of carbonyl (C=O) groups is 2. The zero-order valence-electron chi connectivity index (χ0n) is 13.0. The smallest absolute Gasteiger partial charge is 0.326 e. The molecule has 0 spiro atoms. The standard InChI is InChI=1S/C15H27N3O3/c1-11-5-7-18(13(8-11)14(19)20)15(21)16-9-12-4-3-6-17(2)10-12/h11-13H,3-10H2,1-2H3,(H,16,21)(H,19,20). The molecule has 0 bridgehead atoms. The molecule has 6 nitrogen and oxygen atoms in total. The van der Waals surface area contributed by atoms with E-state index < -0.39 is 12.0 Å². The summed E-state index contributed by atoms with van der Waals surface area (Å²) in [5.41, 5.74) is 0. The zero-order valence-corrected chi connectivity index (χ0v) is 13.0. The van der Waals surface area contributed by atoms with Crippen LogP contribution in [-0.2, 0) is 4.79 Å². The van der Waals surface area contributed by atoms with Gasteiger partial charge in [0, 0.05) is 19.6 Å². The normalized spacial score (nSPS) is 31.0. The van der Waals surface area contributed by atoms with Crippen LogP contribution in [-0.4, -0.2) is 66.2 Å². The Morgan fingerprint density at radius 3 is 2.71 bits per heavy atom. The van der Waals surface area contributed by atoms with Crippen molar-refractivity contribution in [2.24, 2.45) is 11.8 Å². The SMILES string of the molecule is CC1CCN(C(=O)NCC2CCCN(C)C2)C(C(=O)O)C1. The van der Waals surface area contributed by atoms with Crippen LogP contribution in [0.2, 0.25) is 0 Å². The van der Waals surface area contributed by atoms with Gasteiger partial charge >= 0.3 is 12.0 Å². The number of hydrogen-bond donors (Lipinski definition) is 2. The summed E-state index contributed by atoms with van der Waals surface area (Å²) in [7, 11) is 2.10. The quantitative estimate of drug-likeness (QED) is 0.821. The van der Waals surface area contributed by atoms with E-state index in [-0.39, 0.29) is 6.03 Å². The maximum Gasteiger partial charge on any atom is 0.326 e. The van der Waals surface area contributed by atoms with Crippen molar-refractivity contribution in [1.29, 1.82) is 0 Å². The highest BCUT2D eigenvalue weighted by Crippen LogP contribution is 2.23. The molecule has 2 aliphatic rings. The summed E-state index contributed by atoms with van der Waals surface area (Å²) in [5, 5.41) is 12.2. The van der Waals surface area contributed by atoms with Crippen molar-refractivity contribution >= 4 is 12.0 Å². The summed E-state index contributed by atoms with van der Waals surface area (Å²) in [6.45, 7) is 5.34. The van der Waals surface area contributed by atoms with Gasteiger partial charge in [0.2, 0.25) is 0 Å². The van der Waals surface area contributed by atoms with E-state index in [2.05, 4.69) is 17.3 Å². The van der Waals surface area contributed by atoms with E-state index >= 15 is 0 Å². The molecule has 0 aliphatic carbocycles. The van der Waals surface area contributed by atoms with Crippen molar-refractivity contribution in [2.45, 2.75) is 38.6 Å². The van der Waals surface area contributed by atoms with Crippen LogP contribution >= 0.6 is 0 Å². The summed E-state index contributed by atoms with van der Waals surface area (Å²) in [4.78, 5) is 27.4. The lowest BCUT2D eigenvalue weighted by Crippen LogP contribution is -2.54. The molecule has 0 aromatic rings. The lowest BCUT2D eigenvalue weighted by Gasteiger charge is -2.36. The fourth-order valence-electron chi connectivity index (χ4n) is 3.39. The van der Waals surface area contributed by atoms with Crippen molar-refractivity contribution in [1.82, 2.24) is 15.1 Å². The zero-order chi connectivity index (χ0) is 15.4. The van der Waals surface area contributed by atoms with Gasteiger partial charge in [0.1, 0.15) is 6.04 Å². The van der Waals surface area contributed by atoms with Gasteiger partial charge in [-0.3, -0.25) is 0 Å². The lowest BCUT2D eigenvalue weighted by molar-refractivity contribution is -0.143. The van der Waals surface area contributed by atoms with Crippen molar-refractivity contribution < 1.29 is 14.7 Å². The topological polar surface area (TPSA) is 72.9 Å². The van der Waals surface area contributed by atoms with Crippen LogP contribution in [0, 0.1) is 11.8 Å². The molecule has 2 rings (SSSR count). The summed E-state index contributed by atoms with van der Waals surface area (Å²) >= 11 is 0. The van der Waals surface area contributed by atoms with E-state index in [1.165, 1.54) is 4.90 Å². The van der Waals surface area contributed by atoms with Gasteiger partial charge in [0.05, 0.1) is 0 Å². The molecule has 3 atom stereocenters. The lowest BCUT2D eigenvalue weighted by atomic mass is 9.92. The third-order valence-corrected chi connectivity index (χ3v) is 4.67. The van der Waals surface area contributed by atoms with Crippen LogP contribution in [0.1, 0.15) is 32.6 Å². The number of amides is 2. The highest BCUT2D eigenvalue weighted by molar-refractivity contribution is 5.82. The van der Waals surface area contributed by atoms with Crippen LogP contribution in [0.4, 0.5) is 4.79 Å². The molecule has 2 heterocycles. The fourth-order valence-corrected chi connectivity index (χ4v) is 3.39. The first-order chi connectivity index (χ1) is 9.97. The van der Waals surface area contributed by atoms with Gasteiger partial charge in [-0.15, -0.1) is 0 Å². The number of carbonyl (C=O) groups excluding carboxylic acids is 1. The van der Waals surface area contributed by atoms with Gasteiger partial charge in [-0.05, 0) is 51.1 Å². The summed E-state index contributed by atoms with van der Waals surface area (Å²) in [5.74, 6) is -0.0593. The second-order valence-electron chi connectivity index (χ2n) is 6.63. The van der Waals surface area contributed by atoms with Gasteiger partial charge < -0.3 is 20.2 Å². The molecule has 2 amide bonds. The number of aliphatic carboxylic acids is 1. The number of nitrogens with zero attached hydrogens (tertiary/aromatic N) is 2. The molecule has 2 saturated heterocycles. The van der Waals surface area contributed by atoms with Crippen LogP contribution in [0.15, 0.2) is 0 Å². The van der Waals surface area contributed by atoms with Crippen molar-refractivity contribution in [3.8, 4) is 0 Å². The Hall–Kier alpha value is -1.30. The molecule has 2 fully saturated rings. The molecular formula is C15H27N3O3. The predicted octanol–water partition coefficient (Wildman–Crippen LogP) is 1.22. The van der Waals surface area contributed by atoms with Crippen molar-refractivity contribution in [3.63, 3.8) is 0 Å². The van der Waals surface area contributed by atoms with Crippen LogP contribution in [0.25, 0.3) is 0 Å². The summed E-state index contributed by atoms with van der Waals surface area (Å²) in [6, 6.07) is -0.898. The van der Waals surface area contributed by atoms with E-state index in [4.69, 9.17) is 0 Å². The minimum absolute atomic E-state index is 0.220. The molecule has 6 heteroatoms. The number of carboxylic acids is 1. The molecule has 2 N–H and O–H groups in total. The average molecular weight is 297 g/mol. The maximum absolute atomic E-state index is 12.3. The van der Waals surface area contributed by atoms with Crippen LogP contribution < -0.4 is 5.32 Å². The third-order valence-electron chi connectivity index (χ3n) is 4.67. The van der Waals surface area contributed by atoms with Crippen LogP contribution in [0.3, 0.4) is 0 Å². The summed E-state index contributed by atoms with van der Waals surface area (Å²) < 4.78 is 0. The van der Waals surface area contributed by atoms with Gasteiger partial charge in [0.15, 0.2) is 0 Å². The monoisotopic (exact) mass is 297 g/mol. The molecule has 0 radical (unpaired) electrons. The number of carboxylic acid groups (broad SMARTS) is 1. The second-order valence-corrected chi connectivity index (χ2v) is 6.63. The molecule has 3 unspecified atom stereocenters. The first kappa shape index (κ1) is 16.1. The van der Waals surface area contributed by atoms with Gasteiger partial charge in [-0.1, -0.05) is 6.92 Å². The van der Waals surface area contributed by atoms with E-state index in [0.29, 0.717) is 31.3 Å². The summed E-state index contributed by atoms with van der Waals surface area (Å²) in [6.07, 6.45) is 3.72. The van der Waals surface area contributed by atoms with E-state index in [0.717, 1.165) is 32.4 Å². The molecule has 21 heavy (non-hydrogen) atoms. The minimum Gasteiger partial charge on any atom is -0.480 e. The number of likely N-dealkylation sites (tertiary alicyclic amines) is 2. The van der Waals surface area contributed by atoms with E-state index in [1.807, 2.05) is 6.92 Å². The molecule has 120 valence electrons. The minimum atomic E-state index is -0.894. The van der Waals surface area contributed by atoms with Crippen molar-refractivity contribution in [2.75, 3.05) is 33.2 Å². The maximum atomic E-state index is 12.3. The molecule has 2 aliphatic heterocycles. The van der Waals surface area contributed by atoms with Gasteiger partial charge in [-0.25, -0.2) is 9.59 Å². The Kier molecular flexibility index (Phi) is 5.45. The number of nitrogens with one attached hydrogen (secondary N) is 1. The molecular weight excluding hydrogens is 270 g/mol. The Balaban J connectivity index is 1.85. The van der Waals surface area contributed by atoms with Crippen LogP contribution in [0.5, 0.6) is 0 Å². The molecule has 0 aromatic heterocycles. The first-order valence-corrected chi connectivity index (χ1v) is 7.93. The average Bonchev–Trinajstić information content (AvgIpc) is 2.44. The first-order valence-electron chi connectivity index (χ1n) is 7.93. The molecule has 0 aromatic carbocycles.